The third kappa shape index (κ3) is 2.93. The van der Waals surface area contributed by atoms with E-state index < -0.39 is 0 Å². The lowest BCUT2D eigenvalue weighted by molar-refractivity contribution is 0.156. The summed E-state index contributed by atoms with van der Waals surface area (Å²) in [7, 11) is 2.27. The molecule has 0 amide bonds. The lowest BCUT2D eigenvalue weighted by Gasteiger charge is -2.36. The van der Waals surface area contributed by atoms with Gasteiger partial charge in [-0.15, -0.1) is 0 Å². The van der Waals surface area contributed by atoms with Crippen LogP contribution in [0, 0.1) is 13.8 Å². The first-order valence-corrected chi connectivity index (χ1v) is 7.09. The van der Waals surface area contributed by atoms with E-state index in [2.05, 4.69) is 56.2 Å². The Balaban J connectivity index is 2.13. The van der Waals surface area contributed by atoms with Gasteiger partial charge in [0.05, 0.1) is 0 Å². The Bertz CT molecular complexity index is 394. The number of aryl methyl sites for hydroxylation is 2. The zero-order chi connectivity index (χ0) is 13.1. The lowest BCUT2D eigenvalue weighted by Crippen LogP contribution is -2.45. The molecule has 0 radical (unpaired) electrons. The summed E-state index contributed by atoms with van der Waals surface area (Å²) < 4.78 is 0. The number of rotatable bonds is 3. The molecule has 2 nitrogen and oxygen atoms in total. The Labute approximate surface area is 111 Å². The third-order valence-electron chi connectivity index (χ3n) is 4.34. The number of nitrogens with one attached hydrogen (secondary N) is 1. The van der Waals surface area contributed by atoms with Crippen LogP contribution in [-0.4, -0.2) is 31.1 Å². The van der Waals surface area contributed by atoms with E-state index in [1.54, 1.807) is 0 Å². The van der Waals surface area contributed by atoms with Gasteiger partial charge < -0.3 is 5.32 Å². The van der Waals surface area contributed by atoms with Crippen LogP contribution in [0.1, 0.15) is 42.5 Å². The Morgan fingerprint density at radius 3 is 2.78 bits per heavy atom. The molecule has 2 rings (SSSR count). The van der Waals surface area contributed by atoms with Gasteiger partial charge in [-0.25, -0.2) is 0 Å². The Morgan fingerprint density at radius 1 is 1.33 bits per heavy atom. The summed E-state index contributed by atoms with van der Waals surface area (Å²) in [5.41, 5.74) is 4.24. The van der Waals surface area contributed by atoms with Gasteiger partial charge >= 0.3 is 0 Å². The molecule has 1 aliphatic rings. The predicted octanol–water partition coefficient (Wildman–Crippen LogP) is 3.05. The monoisotopic (exact) mass is 246 g/mol. The first-order chi connectivity index (χ1) is 8.59. The van der Waals surface area contributed by atoms with E-state index in [0.717, 1.165) is 6.54 Å². The molecule has 2 atom stereocenters. The number of likely N-dealkylation sites (N-methyl/N-ethyl adjacent to an activating group) is 1. The maximum Gasteiger partial charge on any atom is 0.0323 e. The van der Waals surface area contributed by atoms with Gasteiger partial charge in [-0.05, 0) is 58.3 Å². The molecular formula is C16H26N2. The fourth-order valence-corrected chi connectivity index (χ4v) is 2.93. The minimum Gasteiger partial charge on any atom is -0.315 e. The molecule has 1 aliphatic heterocycles. The van der Waals surface area contributed by atoms with Crippen molar-refractivity contribution in [1.29, 1.82) is 0 Å². The normalized spacial score (nSPS) is 22.2. The molecule has 1 fully saturated rings. The third-order valence-corrected chi connectivity index (χ3v) is 4.34. The van der Waals surface area contributed by atoms with Crippen molar-refractivity contribution in [1.82, 2.24) is 10.2 Å². The van der Waals surface area contributed by atoms with Crippen molar-refractivity contribution in [3.8, 4) is 0 Å². The Kier molecular flexibility index (Phi) is 4.41. The summed E-state index contributed by atoms with van der Waals surface area (Å²) >= 11 is 0. The summed E-state index contributed by atoms with van der Waals surface area (Å²) in [5, 5.41) is 3.51. The molecule has 0 saturated carbocycles. The van der Waals surface area contributed by atoms with Gasteiger partial charge in [-0.3, -0.25) is 4.90 Å². The van der Waals surface area contributed by atoms with Gasteiger partial charge in [0.25, 0.3) is 0 Å². The van der Waals surface area contributed by atoms with Crippen molar-refractivity contribution in [3.63, 3.8) is 0 Å². The second-order valence-corrected chi connectivity index (χ2v) is 5.70. The topological polar surface area (TPSA) is 15.3 Å². The highest BCUT2D eigenvalue weighted by Gasteiger charge is 2.23. The van der Waals surface area contributed by atoms with Crippen LogP contribution in [0.4, 0.5) is 0 Å². The molecule has 0 aromatic heterocycles. The van der Waals surface area contributed by atoms with Crippen molar-refractivity contribution >= 4 is 0 Å². The molecule has 2 heteroatoms. The van der Waals surface area contributed by atoms with Crippen LogP contribution in [0.2, 0.25) is 0 Å². The number of hydrogen-bond donors (Lipinski definition) is 1. The molecule has 0 aliphatic carbocycles. The minimum atomic E-state index is 0.495. The van der Waals surface area contributed by atoms with Crippen molar-refractivity contribution < 1.29 is 0 Å². The molecule has 1 heterocycles. The van der Waals surface area contributed by atoms with Crippen molar-refractivity contribution in [2.75, 3.05) is 20.1 Å². The largest absolute Gasteiger partial charge is 0.315 e. The standard InChI is InChI=1S/C16H26N2/c1-12-7-8-13(2)16(10-12)14(3)18(4)15-6-5-9-17-11-15/h7-8,10,14-15,17H,5-6,9,11H2,1-4H3. The van der Waals surface area contributed by atoms with Crippen LogP contribution >= 0.6 is 0 Å². The van der Waals surface area contributed by atoms with Gasteiger partial charge in [-0.2, -0.15) is 0 Å². The summed E-state index contributed by atoms with van der Waals surface area (Å²) in [6.07, 6.45) is 2.62. The molecule has 1 aromatic carbocycles. The van der Waals surface area contributed by atoms with Crippen molar-refractivity contribution in [2.24, 2.45) is 0 Å². The first kappa shape index (κ1) is 13.6. The first-order valence-electron chi connectivity index (χ1n) is 7.09. The van der Waals surface area contributed by atoms with E-state index in [1.165, 1.54) is 36.1 Å². The number of nitrogens with zero attached hydrogens (tertiary/aromatic N) is 1. The second kappa shape index (κ2) is 5.85. The Hall–Kier alpha value is -0.860. The summed E-state index contributed by atoms with van der Waals surface area (Å²) in [6, 6.07) is 7.96. The molecule has 2 unspecified atom stereocenters. The SMILES string of the molecule is Cc1ccc(C)c(C(C)N(C)C2CCCNC2)c1. The Morgan fingerprint density at radius 2 is 2.11 bits per heavy atom. The van der Waals surface area contributed by atoms with Gasteiger partial charge in [0.2, 0.25) is 0 Å². The number of piperidine rings is 1. The highest BCUT2D eigenvalue weighted by molar-refractivity contribution is 5.32. The van der Waals surface area contributed by atoms with Gasteiger partial charge in [0.1, 0.15) is 0 Å². The van der Waals surface area contributed by atoms with E-state index in [4.69, 9.17) is 0 Å². The van der Waals surface area contributed by atoms with Crippen LogP contribution in [0.3, 0.4) is 0 Å². The molecular weight excluding hydrogens is 220 g/mol. The summed E-state index contributed by atoms with van der Waals surface area (Å²) in [6.45, 7) is 9.04. The van der Waals surface area contributed by atoms with Gasteiger partial charge in [-0.1, -0.05) is 23.8 Å². The predicted molar refractivity (Wildman–Crippen MR) is 78.0 cm³/mol. The number of hydrogen-bond acceptors (Lipinski definition) is 2. The van der Waals surface area contributed by atoms with Crippen LogP contribution in [0.25, 0.3) is 0 Å². The van der Waals surface area contributed by atoms with Crippen LogP contribution in [-0.2, 0) is 0 Å². The molecule has 0 spiro atoms. The van der Waals surface area contributed by atoms with Crippen LogP contribution in [0.5, 0.6) is 0 Å². The molecule has 1 saturated heterocycles. The van der Waals surface area contributed by atoms with Gasteiger partial charge in [0, 0.05) is 18.6 Å². The molecule has 1 N–H and O–H groups in total. The number of benzene rings is 1. The fourth-order valence-electron chi connectivity index (χ4n) is 2.93. The maximum absolute atomic E-state index is 3.51. The van der Waals surface area contributed by atoms with E-state index in [-0.39, 0.29) is 0 Å². The quantitative estimate of drug-likeness (QED) is 0.882. The fraction of sp³-hybridized carbons (Fsp3) is 0.625. The average Bonchev–Trinajstić information content (AvgIpc) is 2.41. The van der Waals surface area contributed by atoms with Crippen LogP contribution in [0.15, 0.2) is 18.2 Å². The smallest absolute Gasteiger partial charge is 0.0323 e. The molecule has 0 bridgehead atoms. The summed E-state index contributed by atoms with van der Waals surface area (Å²) in [5.74, 6) is 0. The molecule has 1 aromatic rings. The summed E-state index contributed by atoms with van der Waals surface area (Å²) in [4.78, 5) is 2.54. The van der Waals surface area contributed by atoms with E-state index >= 15 is 0 Å². The molecule has 18 heavy (non-hydrogen) atoms. The van der Waals surface area contributed by atoms with Crippen molar-refractivity contribution in [3.05, 3.63) is 34.9 Å². The maximum atomic E-state index is 3.51. The zero-order valence-corrected chi connectivity index (χ0v) is 12.2. The van der Waals surface area contributed by atoms with E-state index in [1.807, 2.05) is 0 Å². The highest BCUT2D eigenvalue weighted by atomic mass is 15.2. The van der Waals surface area contributed by atoms with E-state index in [0.29, 0.717) is 12.1 Å². The average molecular weight is 246 g/mol. The van der Waals surface area contributed by atoms with Crippen LogP contribution < -0.4 is 5.32 Å². The van der Waals surface area contributed by atoms with Gasteiger partial charge in [0.15, 0.2) is 0 Å². The minimum absolute atomic E-state index is 0.495. The lowest BCUT2D eigenvalue weighted by atomic mass is 9.96. The van der Waals surface area contributed by atoms with Crippen molar-refractivity contribution in [2.45, 2.75) is 45.7 Å². The van der Waals surface area contributed by atoms with E-state index in [9.17, 15) is 0 Å². The molecule has 100 valence electrons. The zero-order valence-electron chi connectivity index (χ0n) is 12.2. The highest BCUT2D eigenvalue weighted by Crippen LogP contribution is 2.26. The second-order valence-electron chi connectivity index (χ2n) is 5.70.